The third-order valence-corrected chi connectivity index (χ3v) is 5.45. The molecular weight excluding hydrogens is 390 g/mol. The minimum absolute atomic E-state index is 0.116. The molecule has 0 bridgehead atoms. The Morgan fingerprint density at radius 3 is 2.86 bits per heavy atom. The molecular formula is C19H15N7O2S. The standard InChI is InChI=1S/C19H15N7O2S/c1-12-5-2-3-6-13(12)9-26-18-16(22-24-26)19(27)25(11-20-18)10-15-21-17(23-28-15)14-7-4-8-29-14/h2-8,11H,9-10H2,1H3. The molecule has 5 aromatic rings. The Labute approximate surface area is 168 Å². The molecule has 0 saturated heterocycles. The van der Waals surface area contributed by atoms with E-state index in [0.29, 0.717) is 23.9 Å². The number of aryl methyl sites for hydroxylation is 1. The number of benzene rings is 1. The normalized spacial score (nSPS) is 11.3. The highest BCUT2D eigenvalue weighted by Gasteiger charge is 2.15. The summed E-state index contributed by atoms with van der Waals surface area (Å²) >= 11 is 1.52. The molecule has 144 valence electrons. The minimum atomic E-state index is -0.304. The molecule has 9 nitrogen and oxygen atoms in total. The van der Waals surface area contributed by atoms with E-state index in [2.05, 4.69) is 25.4 Å². The van der Waals surface area contributed by atoms with Gasteiger partial charge in [-0.25, -0.2) is 9.67 Å². The van der Waals surface area contributed by atoms with Crippen LogP contribution in [0, 0.1) is 6.92 Å². The van der Waals surface area contributed by atoms with Gasteiger partial charge in [-0.2, -0.15) is 4.98 Å². The maximum atomic E-state index is 12.8. The van der Waals surface area contributed by atoms with Crippen molar-refractivity contribution in [3.05, 3.63) is 75.5 Å². The summed E-state index contributed by atoms with van der Waals surface area (Å²) in [6, 6.07) is 11.8. The summed E-state index contributed by atoms with van der Waals surface area (Å²) in [5.74, 6) is 0.824. The highest BCUT2D eigenvalue weighted by molar-refractivity contribution is 7.13. The van der Waals surface area contributed by atoms with Crippen LogP contribution in [-0.4, -0.2) is 34.7 Å². The van der Waals surface area contributed by atoms with Gasteiger partial charge < -0.3 is 4.52 Å². The molecule has 4 heterocycles. The topological polar surface area (TPSA) is 105 Å². The van der Waals surface area contributed by atoms with E-state index in [1.807, 2.05) is 48.7 Å². The van der Waals surface area contributed by atoms with Gasteiger partial charge in [0.25, 0.3) is 5.56 Å². The molecule has 0 aliphatic heterocycles. The maximum Gasteiger partial charge on any atom is 0.283 e. The van der Waals surface area contributed by atoms with Crippen LogP contribution in [0.15, 0.2) is 57.4 Å². The molecule has 0 unspecified atom stereocenters. The zero-order valence-corrected chi connectivity index (χ0v) is 16.2. The van der Waals surface area contributed by atoms with E-state index < -0.39 is 0 Å². The molecule has 0 spiro atoms. The van der Waals surface area contributed by atoms with Gasteiger partial charge in [-0.05, 0) is 29.5 Å². The molecule has 0 saturated carbocycles. The van der Waals surface area contributed by atoms with Crippen LogP contribution in [-0.2, 0) is 13.1 Å². The van der Waals surface area contributed by atoms with Gasteiger partial charge in [-0.1, -0.05) is 40.7 Å². The summed E-state index contributed by atoms with van der Waals surface area (Å²) in [5.41, 5.74) is 2.58. The molecule has 0 atom stereocenters. The summed E-state index contributed by atoms with van der Waals surface area (Å²) in [6.45, 7) is 2.64. The van der Waals surface area contributed by atoms with Gasteiger partial charge in [0.15, 0.2) is 11.2 Å². The van der Waals surface area contributed by atoms with Crippen molar-refractivity contribution < 1.29 is 4.52 Å². The Kier molecular flexibility index (Phi) is 4.24. The second kappa shape index (κ2) is 7.06. The molecule has 1 aromatic carbocycles. The highest BCUT2D eigenvalue weighted by Crippen LogP contribution is 2.21. The molecule has 4 aromatic heterocycles. The lowest BCUT2D eigenvalue weighted by Crippen LogP contribution is -2.21. The van der Waals surface area contributed by atoms with Crippen LogP contribution in [0.4, 0.5) is 0 Å². The van der Waals surface area contributed by atoms with Gasteiger partial charge in [-0.3, -0.25) is 9.36 Å². The predicted molar refractivity (Wildman–Crippen MR) is 107 cm³/mol. The quantitative estimate of drug-likeness (QED) is 0.442. The summed E-state index contributed by atoms with van der Waals surface area (Å²) in [7, 11) is 0. The number of nitrogens with zero attached hydrogens (tertiary/aromatic N) is 7. The van der Waals surface area contributed by atoms with Crippen LogP contribution in [0.5, 0.6) is 0 Å². The number of hydrogen-bond donors (Lipinski definition) is 0. The number of hydrogen-bond acceptors (Lipinski definition) is 8. The van der Waals surface area contributed by atoms with Crippen LogP contribution < -0.4 is 5.56 Å². The maximum absolute atomic E-state index is 12.8. The molecule has 0 aliphatic carbocycles. The van der Waals surface area contributed by atoms with Crippen molar-refractivity contribution in [1.29, 1.82) is 0 Å². The lowest BCUT2D eigenvalue weighted by atomic mass is 10.1. The van der Waals surface area contributed by atoms with Gasteiger partial charge in [0.1, 0.15) is 12.9 Å². The van der Waals surface area contributed by atoms with Gasteiger partial charge in [-0.15, -0.1) is 16.4 Å². The number of fused-ring (bicyclic) bond motifs is 1. The van der Waals surface area contributed by atoms with E-state index in [0.717, 1.165) is 16.0 Å². The fraction of sp³-hybridized carbons (Fsp3) is 0.158. The fourth-order valence-electron chi connectivity index (χ4n) is 3.03. The van der Waals surface area contributed by atoms with Crippen LogP contribution in [0.25, 0.3) is 21.9 Å². The van der Waals surface area contributed by atoms with Crippen LogP contribution in [0.1, 0.15) is 17.0 Å². The molecule has 5 rings (SSSR count). The summed E-state index contributed by atoms with van der Waals surface area (Å²) in [6.07, 6.45) is 1.46. The molecule has 0 N–H and O–H groups in total. The van der Waals surface area contributed by atoms with E-state index >= 15 is 0 Å². The number of thiophene rings is 1. The number of aromatic nitrogens is 7. The first-order chi connectivity index (χ1) is 14.2. The monoisotopic (exact) mass is 405 g/mol. The lowest BCUT2D eigenvalue weighted by molar-refractivity contribution is 0.369. The third kappa shape index (κ3) is 3.23. The Morgan fingerprint density at radius 2 is 2.03 bits per heavy atom. The van der Waals surface area contributed by atoms with Crippen molar-refractivity contribution in [1.82, 2.24) is 34.7 Å². The second-order valence-electron chi connectivity index (χ2n) is 6.51. The first kappa shape index (κ1) is 17.4. The van der Waals surface area contributed by atoms with E-state index in [-0.39, 0.29) is 17.6 Å². The Balaban J connectivity index is 1.44. The van der Waals surface area contributed by atoms with Crippen molar-refractivity contribution >= 4 is 22.5 Å². The predicted octanol–water partition coefficient (Wildman–Crippen LogP) is 2.50. The first-order valence-corrected chi connectivity index (χ1v) is 9.76. The van der Waals surface area contributed by atoms with E-state index in [4.69, 9.17) is 4.52 Å². The van der Waals surface area contributed by atoms with Crippen molar-refractivity contribution in [3.63, 3.8) is 0 Å². The second-order valence-corrected chi connectivity index (χ2v) is 7.46. The van der Waals surface area contributed by atoms with Crippen LogP contribution in [0.3, 0.4) is 0 Å². The third-order valence-electron chi connectivity index (χ3n) is 4.59. The largest absolute Gasteiger partial charge is 0.337 e. The summed E-state index contributed by atoms with van der Waals surface area (Å²) in [5, 5.41) is 14.1. The van der Waals surface area contributed by atoms with E-state index in [1.54, 1.807) is 4.68 Å². The van der Waals surface area contributed by atoms with Gasteiger partial charge in [0, 0.05) is 0 Å². The Bertz CT molecular complexity index is 1350. The van der Waals surface area contributed by atoms with Gasteiger partial charge in [0.05, 0.1) is 11.4 Å². The molecule has 0 radical (unpaired) electrons. The fourth-order valence-corrected chi connectivity index (χ4v) is 3.67. The van der Waals surface area contributed by atoms with Crippen LogP contribution in [0.2, 0.25) is 0 Å². The Hall–Kier alpha value is -3.66. The summed E-state index contributed by atoms with van der Waals surface area (Å²) < 4.78 is 8.29. The molecule has 29 heavy (non-hydrogen) atoms. The molecule has 10 heteroatoms. The SMILES string of the molecule is Cc1ccccc1Cn1nnc2c(=O)n(Cc3nc(-c4cccs4)no3)cnc21. The van der Waals surface area contributed by atoms with E-state index in [9.17, 15) is 4.79 Å². The molecule has 0 aliphatic rings. The van der Waals surface area contributed by atoms with Crippen molar-refractivity contribution in [2.24, 2.45) is 0 Å². The Morgan fingerprint density at radius 1 is 1.14 bits per heavy atom. The zero-order chi connectivity index (χ0) is 19.8. The molecule has 0 amide bonds. The van der Waals surface area contributed by atoms with Gasteiger partial charge in [0.2, 0.25) is 11.7 Å². The zero-order valence-electron chi connectivity index (χ0n) is 15.4. The van der Waals surface area contributed by atoms with Gasteiger partial charge >= 0.3 is 0 Å². The average Bonchev–Trinajstić information content (AvgIpc) is 3.47. The first-order valence-electron chi connectivity index (χ1n) is 8.88. The van der Waals surface area contributed by atoms with E-state index in [1.165, 1.54) is 22.2 Å². The minimum Gasteiger partial charge on any atom is -0.337 e. The lowest BCUT2D eigenvalue weighted by Gasteiger charge is -2.06. The van der Waals surface area contributed by atoms with Crippen molar-refractivity contribution in [2.45, 2.75) is 20.0 Å². The summed E-state index contributed by atoms with van der Waals surface area (Å²) in [4.78, 5) is 22.5. The smallest absolute Gasteiger partial charge is 0.283 e. The average molecular weight is 405 g/mol. The molecule has 0 fully saturated rings. The van der Waals surface area contributed by atoms with Crippen molar-refractivity contribution in [3.8, 4) is 10.7 Å². The van der Waals surface area contributed by atoms with Crippen LogP contribution >= 0.6 is 11.3 Å². The van der Waals surface area contributed by atoms with Crippen molar-refractivity contribution in [2.75, 3.05) is 0 Å². The highest BCUT2D eigenvalue weighted by atomic mass is 32.1. The number of rotatable bonds is 5.